The lowest BCUT2D eigenvalue weighted by molar-refractivity contribution is 0.0965. The van der Waals surface area contributed by atoms with Gasteiger partial charge in [-0.3, -0.25) is 9.59 Å². The van der Waals surface area contributed by atoms with Gasteiger partial charge < -0.3 is 19.1 Å². The monoisotopic (exact) mass is 433 g/mol. The van der Waals surface area contributed by atoms with Gasteiger partial charge in [0.15, 0.2) is 17.3 Å². The fourth-order valence-corrected chi connectivity index (χ4v) is 4.01. The first kappa shape index (κ1) is 20.1. The number of carbonyl (C=O) groups excluding carboxylic acids is 1. The van der Waals surface area contributed by atoms with Crippen LogP contribution in [0, 0.1) is 0 Å². The van der Waals surface area contributed by atoms with E-state index < -0.39 is 0 Å². The van der Waals surface area contributed by atoms with Crippen LogP contribution < -0.4 is 24.7 Å². The number of ether oxygens (including phenoxy) is 3. The molecule has 1 aromatic heterocycles. The highest BCUT2D eigenvalue weighted by atomic mass is 16.6. The predicted octanol–water partition coefficient (Wildman–Crippen LogP) is 2.47. The normalized spacial score (nSPS) is 14.6. The molecule has 0 saturated carbocycles. The van der Waals surface area contributed by atoms with Crippen molar-refractivity contribution in [1.29, 1.82) is 0 Å². The summed E-state index contributed by atoms with van der Waals surface area (Å²) in [6.07, 6.45) is 0.681. The number of hydrogen-bond acceptors (Lipinski definition) is 7. The summed E-state index contributed by atoms with van der Waals surface area (Å²) in [5.74, 6) is 2.00. The minimum atomic E-state index is -0.283. The van der Waals surface area contributed by atoms with Crippen LogP contribution in [0.15, 0.2) is 53.3 Å². The highest BCUT2D eigenvalue weighted by Gasteiger charge is 2.22. The van der Waals surface area contributed by atoms with E-state index in [4.69, 9.17) is 14.2 Å². The van der Waals surface area contributed by atoms with Crippen LogP contribution in [-0.2, 0) is 19.5 Å². The Bertz CT molecular complexity index is 1220. The molecule has 164 valence electrons. The largest absolute Gasteiger partial charge is 0.497 e. The molecular weight excluding hydrogens is 410 g/mol. The van der Waals surface area contributed by atoms with E-state index in [9.17, 15) is 9.59 Å². The van der Waals surface area contributed by atoms with Gasteiger partial charge in [-0.15, -0.1) is 0 Å². The van der Waals surface area contributed by atoms with Gasteiger partial charge in [0.05, 0.1) is 12.8 Å². The molecule has 0 fully saturated rings. The standard InChI is InChI=1S/C24H23N3O5/c1-30-19-5-2-16(3-6-19)21(28)15-27-24(29)12-17-14-26(9-8-20(17)25-27)18-4-7-22-23(13-18)32-11-10-31-22/h2-7,12-13H,8-11,14-15H2,1H3. The third-order valence-corrected chi connectivity index (χ3v) is 5.74. The smallest absolute Gasteiger partial charge is 0.267 e. The highest BCUT2D eigenvalue weighted by Crippen LogP contribution is 2.35. The molecule has 0 bridgehead atoms. The van der Waals surface area contributed by atoms with Crippen LogP contribution >= 0.6 is 0 Å². The number of ketones is 1. The molecule has 2 aromatic carbocycles. The van der Waals surface area contributed by atoms with Crippen molar-refractivity contribution in [3.63, 3.8) is 0 Å². The van der Waals surface area contributed by atoms with Crippen molar-refractivity contribution in [2.75, 3.05) is 31.8 Å². The summed E-state index contributed by atoms with van der Waals surface area (Å²) in [6, 6.07) is 14.3. The maximum absolute atomic E-state index is 12.7. The Kier molecular flexibility index (Phi) is 5.26. The quantitative estimate of drug-likeness (QED) is 0.572. The van der Waals surface area contributed by atoms with Gasteiger partial charge in [-0.1, -0.05) is 0 Å². The predicted molar refractivity (Wildman–Crippen MR) is 118 cm³/mol. The molecule has 0 N–H and O–H groups in total. The Morgan fingerprint density at radius 3 is 2.62 bits per heavy atom. The summed E-state index contributed by atoms with van der Waals surface area (Å²) < 4.78 is 17.7. The maximum Gasteiger partial charge on any atom is 0.267 e. The summed E-state index contributed by atoms with van der Waals surface area (Å²) in [7, 11) is 1.57. The fraction of sp³-hybridized carbons (Fsp3) is 0.292. The van der Waals surface area contributed by atoms with Crippen molar-refractivity contribution in [2.45, 2.75) is 19.5 Å². The van der Waals surface area contributed by atoms with Crippen LogP contribution in [0.25, 0.3) is 0 Å². The average molecular weight is 433 g/mol. The molecule has 0 radical (unpaired) electrons. The van der Waals surface area contributed by atoms with Crippen molar-refractivity contribution in [1.82, 2.24) is 9.78 Å². The molecule has 32 heavy (non-hydrogen) atoms. The van der Waals surface area contributed by atoms with Crippen molar-refractivity contribution >= 4 is 11.5 Å². The summed E-state index contributed by atoms with van der Waals surface area (Å²) in [4.78, 5) is 27.5. The van der Waals surface area contributed by atoms with Gasteiger partial charge in [0.1, 0.15) is 25.5 Å². The Morgan fingerprint density at radius 1 is 1.06 bits per heavy atom. The van der Waals surface area contributed by atoms with E-state index in [1.807, 2.05) is 18.2 Å². The number of methoxy groups -OCH3 is 1. The lowest BCUT2D eigenvalue weighted by Gasteiger charge is -2.31. The number of rotatable bonds is 5. The van der Waals surface area contributed by atoms with Crippen molar-refractivity contribution in [2.24, 2.45) is 0 Å². The second-order valence-electron chi connectivity index (χ2n) is 7.76. The van der Waals surface area contributed by atoms with E-state index in [2.05, 4.69) is 10.00 Å². The minimum Gasteiger partial charge on any atom is -0.497 e. The van der Waals surface area contributed by atoms with E-state index in [-0.39, 0.29) is 17.9 Å². The summed E-state index contributed by atoms with van der Waals surface area (Å²) in [6.45, 7) is 2.33. The Labute approximate surface area is 184 Å². The van der Waals surface area contributed by atoms with Gasteiger partial charge in [-0.2, -0.15) is 5.10 Å². The summed E-state index contributed by atoms with van der Waals surface area (Å²) >= 11 is 0. The van der Waals surface area contributed by atoms with Gasteiger partial charge in [0.25, 0.3) is 5.56 Å². The molecule has 0 atom stereocenters. The number of anilines is 1. The SMILES string of the molecule is COc1ccc(C(=O)Cn2nc3c(cc2=O)CN(c2ccc4c(c2)OCCO4)CC3)cc1. The molecule has 0 spiro atoms. The molecule has 3 aromatic rings. The van der Waals surface area contributed by atoms with Crippen LogP contribution in [0.4, 0.5) is 5.69 Å². The number of carbonyl (C=O) groups is 1. The van der Waals surface area contributed by atoms with Crippen LogP contribution in [0.1, 0.15) is 21.6 Å². The van der Waals surface area contributed by atoms with Crippen LogP contribution in [0.5, 0.6) is 17.2 Å². The number of Topliss-reactive ketones (excluding diaryl/α,β-unsaturated/α-hetero) is 1. The number of hydrogen-bond donors (Lipinski definition) is 0. The molecule has 0 amide bonds. The molecule has 2 aliphatic rings. The van der Waals surface area contributed by atoms with Gasteiger partial charge in [-0.25, -0.2) is 4.68 Å². The molecule has 8 nitrogen and oxygen atoms in total. The van der Waals surface area contributed by atoms with Gasteiger partial charge in [-0.05, 0) is 36.4 Å². The van der Waals surface area contributed by atoms with Crippen molar-refractivity contribution in [3.8, 4) is 17.2 Å². The van der Waals surface area contributed by atoms with Crippen LogP contribution in [-0.4, -0.2) is 42.4 Å². The van der Waals surface area contributed by atoms with E-state index in [1.165, 1.54) is 4.68 Å². The van der Waals surface area contributed by atoms with Crippen LogP contribution in [0.2, 0.25) is 0 Å². The third-order valence-electron chi connectivity index (χ3n) is 5.74. The van der Waals surface area contributed by atoms with Crippen molar-refractivity contribution < 1.29 is 19.0 Å². The van der Waals surface area contributed by atoms with Gasteiger partial charge in [0.2, 0.25) is 0 Å². The molecule has 8 heteroatoms. The van der Waals surface area contributed by atoms with Gasteiger partial charge >= 0.3 is 0 Å². The molecular formula is C24H23N3O5. The molecule has 3 heterocycles. The topological polar surface area (TPSA) is 82.9 Å². The van der Waals surface area contributed by atoms with E-state index in [1.54, 1.807) is 37.4 Å². The molecule has 0 aliphatic carbocycles. The molecule has 0 saturated heterocycles. The first-order valence-corrected chi connectivity index (χ1v) is 10.5. The molecule has 2 aliphatic heterocycles. The lowest BCUT2D eigenvalue weighted by atomic mass is 10.1. The Balaban J connectivity index is 1.33. The van der Waals surface area contributed by atoms with E-state index >= 15 is 0 Å². The second kappa shape index (κ2) is 8.37. The third kappa shape index (κ3) is 3.91. The zero-order valence-electron chi connectivity index (χ0n) is 17.7. The molecule has 5 rings (SSSR count). The molecule has 0 unspecified atom stereocenters. The Morgan fingerprint density at radius 2 is 1.84 bits per heavy atom. The average Bonchev–Trinajstić information content (AvgIpc) is 2.84. The summed E-state index contributed by atoms with van der Waals surface area (Å²) in [5, 5.41) is 4.50. The number of fused-ring (bicyclic) bond motifs is 2. The van der Waals surface area contributed by atoms with Crippen LogP contribution in [0.3, 0.4) is 0 Å². The first-order valence-electron chi connectivity index (χ1n) is 10.5. The lowest BCUT2D eigenvalue weighted by Crippen LogP contribution is -2.35. The maximum atomic E-state index is 12.7. The first-order chi connectivity index (χ1) is 15.6. The highest BCUT2D eigenvalue weighted by molar-refractivity contribution is 5.95. The van der Waals surface area contributed by atoms with Crippen molar-refractivity contribution in [3.05, 3.63) is 75.7 Å². The fourth-order valence-electron chi connectivity index (χ4n) is 4.01. The number of benzene rings is 2. The summed E-state index contributed by atoms with van der Waals surface area (Å²) in [5.41, 5.74) is 2.97. The zero-order chi connectivity index (χ0) is 22.1. The van der Waals surface area contributed by atoms with E-state index in [0.29, 0.717) is 37.5 Å². The van der Waals surface area contributed by atoms with E-state index in [0.717, 1.165) is 35.0 Å². The minimum absolute atomic E-state index is 0.0929. The number of aromatic nitrogens is 2. The zero-order valence-corrected chi connectivity index (χ0v) is 17.7. The Hall–Kier alpha value is -3.81. The van der Waals surface area contributed by atoms with Gasteiger partial charge in [0, 0.05) is 48.5 Å². The second-order valence-corrected chi connectivity index (χ2v) is 7.76. The number of nitrogens with zero attached hydrogens (tertiary/aromatic N) is 3.